The molecule has 0 saturated carbocycles. The lowest BCUT2D eigenvalue weighted by atomic mass is 10.1. The zero-order valence-electron chi connectivity index (χ0n) is 37.3. The lowest BCUT2D eigenvalue weighted by Gasteiger charge is -1.99. The molecule has 0 aliphatic carbocycles. The molecule has 350 valence electrons. The van der Waals surface area contributed by atoms with Crippen LogP contribution in [0.2, 0.25) is 0 Å². The van der Waals surface area contributed by atoms with Crippen LogP contribution in [0.15, 0.2) is 133 Å². The SMILES string of the molecule is Cc1cc2oc3cc(PP)c(F)cc3c2cc1F.Cc1cc2oc3cc(PP)ccc3c2c(F)c1F.Cc1cc2oc3cc(PP)ccc3c2cc1F.Cc1ccc2c(c1)oc1cc(PP)ccc12. The molecule has 69 heavy (non-hydrogen) atoms. The van der Waals surface area contributed by atoms with Gasteiger partial charge in [0.25, 0.3) is 0 Å². The van der Waals surface area contributed by atoms with E-state index in [4.69, 9.17) is 17.7 Å². The average molecular weight is 1070 g/mol. The van der Waals surface area contributed by atoms with Gasteiger partial charge in [0, 0.05) is 43.0 Å². The third kappa shape index (κ3) is 10.1. The molecule has 12 aromatic rings. The van der Waals surface area contributed by atoms with Gasteiger partial charge in [-0.1, -0.05) is 63.4 Å². The second-order valence-corrected chi connectivity index (χ2v) is 23.2. The van der Waals surface area contributed by atoms with E-state index in [0.29, 0.717) is 71.5 Å². The molecule has 0 spiro atoms. The van der Waals surface area contributed by atoms with Crippen molar-refractivity contribution in [2.24, 2.45) is 0 Å². The minimum absolute atomic E-state index is 0.183. The van der Waals surface area contributed by atoms with Crippen molar-refractivity contribution in [3.63, 3.8) is 0 Å². The highest BCUT2D eigenvalue weighted by atomic mass is 32.0. The molecule has 8 aromatic carbocycles. The fourth-order valence-corrected chi connectivity index (χ4v) is 12.0. The van der Waals surface area contributed by atoms with Gasteiger partial charge in [-0.15, -0.1) is 35.7 Å². The quantitative estimate of drug-likeness (QED) is 0.130. The Morgan fingerprint density at radius 3 is 1.22 bits per heavy atom. The van der Waals surface area contributed by atoms with E-state index in [2.05, 4.69) is 85.1 Å². The molecule has 4 heterocycles. The Kier molecular flexibility index (Phi) is 15.2. The van der Waals surface area contributed by atoms with E-state index in [1.54, 1.807) is 44.2 Å². The summed E-state index contributed by atoms with van der Waals surface area (Å²) in [6.45, 7) is 7.04. The van der Waals surface area contributed by atoms with Crippen molar-refractivity contribution in [3.8, 4) is 0 Å². The van der Waals surface area contributed by atoms with E-state index in [0.717, 1.165) is 46.7 Å². The summed E-state index contributed by atoms with van der Waals surface area (Å²) < 4.78 is 91.3. The standard InChI is InChI=1S/2C13H10F2OP2.C13H11FOP2.C13H12OP2/c1-6-2-11-7(3-9(6)14)8-4-10(15)13(18-17)5-12(8)16-11;1-6-4-10-11(13(15)12(6)14)8-3-2-7(18-17)5-9(8)16-10;1-7-4-12-10(6-11(7)14)9-3-2-8(17-16)5-13(9)15-12;1-8-2-4-10-11-5-3-9(16-15)7-13(11)14-12(10)6-8/h2*2-5,18H,17H2,1H3;2-6,17H,16H2,1H3;2-7,16H,15H2,1H3. The molecular weight excluding hydrogens is 1030 g/mol. The highest BCUT2D eigenvalue weighted by Crippen LogP contribution is 2.37. The van der Waals surface area contributed by atoms with Crippen LogP contribution in [0.5, 0.6) is 0 Å². The maximum absolute atomic E-state index is 14.0. The topological polar surface area (TPSA) is 52.6 Å². The summed E-state index contributed by atoms with van der Waals surface area (Å²) >= 11 is 0. The Labute approximate surface area is 409 Å². The summed E-state index contributed by atoms with van der Waals surface area (Å²) in [5.74, 6) is -2.40. The van der Waals surface area contributed by atoms with Crippen molar-refractivity contribution in [2.45, 2.75) is 27.7 Å². The molecule has 0 aliphatic rings. The lowest BCUT2D eigenvalue weighted by molar-refractivity contribution is 0.510. The molecule has 4 nitrogen and oxygen atoms in total. The smallest absolute Gasteiger partial charge is 0.170 e. The van der Waals surface area contributed by atoms with Crippen LogP contribution >= 0.6 is 68.8 Å². The fourth-order valence-electron chi connectivity index (χ4n) is 8.07. The van der Waals surface area contributed by atoms with E-state index < -0.39 is 11.6 Å². The number of furan rings is 4. The monoisotopic (exact) mass is 1070 g/mol. The van der Waals surface area contributed by atoms with Crippen LogP contribution < -0.4 is 21.2 Å². The van der Waals surface area contributed by atoms with Crippen molar-refractivity contribution < 1.29 is 39.6 Å². The van der Waals surface area contributed by atoms with Gasteiger partial charge >= 0.3 is 0 Å². The van der Waals surface area contributed by atoms with Gasteiger partial charge in [-0.2, -0.15) is 0 Å². The molecule has 8 unspecified atom stereocenters. The molecule has 8 atom stereocenters. The minimum atomic E-state index is -0.829. The second kappa shape index (κ2) is 21.0. The van der Waals surface area contributed by atoms with Crippen molar-refractivity contribution in [2.75, 3.05) is 0 Å². The molecule has 0 fully saturated rings. The molecule has 0 saturated heterocycles. The Morgan fingerprint density at radius 2 is 0.710 bits per heavy atom. The number of rotatable bonds is 4. The van der Waals surface area contributed by atoms with Crippen LogP contribution in [-0.4, -0.2) is 0 Å². The Morgan fingerprint density at radius 1 is 0.333 bits per heavy atom. The largest absolute Gasteiger partial charge is 0.456 e. The van der Waals surface area contributed by atoms with Crippen molar-refractivity contribution >= 4 is 178 Å². The van der Waals surface area contributed by atoms with Crippen LogP contribution in [0.1, 0.15) is 22.3 Å². The summed E-state index contributed by atoms with van der Waals surface area (Å²) in [4.78, 5) is 0. The molecular formula is C52H43F5O4P8. The van der Waals surface area contributed by atoms with E-state index in [1.165, 1.54) is 52.1 Å². The number of aryl methyl sites for hydroxylation is 4. The van der Waals surface area contributed by atoms with Crippen molar-refractivity contribution in [1.29, 1.82) is 0 Å². The van der Waals surface area contributed by atoms with Crippen LogP contribution in [0, 0.1) is 56.8 Å². The first-order valence-corrected chi connectivity index (χ1v) is 32.5. The summed E-state index contributed by atoms with van der Waals surface area (Å²) in [5.41, 5.74) is 8.38. The molecule has 0 aliphatic heterocycles. The first-order valence-electron chi connectivity index (χ1n) is 21.2. The third-order valence-electron chi connectivity index (χ3n) is 11.7. The molecule has 0 radical (unpaired) electrons. The van der Waals surface area contributed by atoms with Gasteiger partial charge in [0.2, 0.25) is 0 Å². The Bertz CT molecular complexity index is 3940. The summed E-state index contributed by atoms with van der Waals surface area (Å²) in [6, 6.07) is 35.5. The molecule has 17 heteroatoms. The number of fused-ring (bicyclic) bond motifs is 12. The highest BCUT2D eigenvalue weighted by Gasteiger charge is 2.18. The predicted molar refractivity (Wildman–Crippen MR) is 304 cm³/mol. The van der Waals surface area contributed by atoms with Gasteiger partial charge in [-0.05, 0) is 151 Å². The van der Waals surface area contributed by atoms with Gasteiger partial charge < -0.3 is 17.7 Å². The van der Waals surface area contributed by atoms with Crippen LogP contribution in [-0.2, 0) is 0 Å². The minimum Gasteiger partial charge on any atom is -0.456 e. The Hall–Kier alpha value is -3.95. The highest BCUT2D eigenvalue weighted by molar-refractivity contribution is 8.07. The maximum Gasteiger partial charge on any atom is 0.170 e. The maximum atomic E-state index is 14.0. The van der Waals surface area contributed by atoms with Crippen molar-refractivity contribution in [1.82, 2.24) is 0 Å². The molecule has 4 aromatic heterocycles. The van der Waals surface area contributed by atoms with Gasteiger partial charge in [-0.25, -0.2) is 22.0 Å². The van der Waals surface area contributed by atoms with Gasteiger partial charge in [0.05, 0.1) is 5.39 Å². The summed E-state index contributed by atoms with van der Waals surface area (Å²) in [6.07, 6.45) is 0. The van der Waals surface area contributed by atoms with Gasteiger partial charge in [0.15, 0.2) is 11.6 Å². The van der Waals surface area contributed by atoms with Gasteiger partial charge in [0.1, 0.15) is 62.1 Å². The normalized spacial score (nSPS) is 12.2. The number of hydrogen-bond acceptors (Lipinski definition) is 4. The molecule has 0 N–H and O–H groups in total. The number of hydrogen-bond donors (Lipinski definition) is 0. The zero-order chi connectivity index (χ0) is 48.8. The molecule has 12 rings (SSSR count). The number of benzene rings is 8. The predicted octanol–water partition coefficient (Wildman–Crippen LogP) is 16.6. The summed E-state index contributed by atoms with van der Waals surface area (Å²) in [7, 11) is 12.9. The first-order chi connectivity index (χ1) is 33.2. The zero-order valence-corrected chi connectivity index (χ0v) is 45.9. The van der Waals surface area contributed by atoms with E-state index in [9.17, 15) is 22.0 Å². The lowest BCUT2D eigenvalue weighted by Crippen LogP contribution is -1.97. The fraction of sp³-hybridized carbons (Fsp3) is 0.0769. The molecule has 0 amide bonds. The van der Waals surface area contributed by atoms with E-state index in [1.807, 2.05) is 24.3 Å². The van der Waals surface area contributed by atoms with E-state index >= 15 is 0 Å². The van der Waals surface area contributed by atoms with Crippen molar-refractivity contribution in [3.05, 3.63) is 167 Å². The summed E-state index contributed by atoms with van der Waals surface area (Å²) in [5, 5.41) is 10.6. The second-order valence-electron chi connectivity index (χ2n) is 16.3. The first kappa shape index (κ1) is 50.0. The number of halogens is 5. The van der Waals surface area contributed by atoms with Crippen LogP contribution in [0.4, 0.5) is 22.0 Å². The third-order valence-corrected chi connectivity index (χ3v) is 18.3. The van der Waals surface area contributed by atoms with Gasteiger partial charge in [-0.3, -0.25) is 0 Å². The molecule has 0 bridgehead atoms. The van der Waals surface area contributed by atoms with Crippen LogP contribution in [0.25, 0.3) is 87.8 Å². The Balaban J connectivity index is 0.000000115. The van der Waals surface area contributed by atoms with Crippen LogP contribution in [0.3, 0.4) is 0 Å². The van der Waals surface area contributed by atoms with E-state index in [-0.39, 0.29) is 36.7 Å². The average Bonchev–Trinajstić information content (AvgIpc) is 4.09.